The number of rotatable bonds is 4. The summed E-state index contributed by atoms with van der Waals surface area (Å²) < 4.78 is 13.3. The van der Waals surface area contributed by atoms with E-state index in [9.17, 15) is 14.5 Å². The van der Waals surface area contributed by atoms with Gasteiger partial charge in [0.2, 0.25) is 11.0 Å². The average Bonchev–Trinajstić information content (AvgIpc) is 2.72. The van der Waals surface area contributed by atoms with Crippen LogP contribution >= 0.6 is 11.8 Å². The molecule has 0 fully saturated rings. The minimum atomic E-state index is -0.829. The number of hydrogen-bond donors (Lipinski definition) is 1. The molecule has 0 aliphatic rings. The highest BCUT2D eigenvalue weighted by Gasteiger charge is 2.13. The summed E-state index contributed by atoms with van der Waals surface area (Å²) in [5, 5.41) is 17.6. The Labute approximate surface area is 106 Å². The van der Waals surface area contributed by atoms with E-state index in [2.05, 4.69) is 15.2 Å². The van der Waals surface area contributed by atoms with Gasteiger partial charge >= 0.3 is 5.69 Å². The molecule has 8 heteroatoms. The fraction of sp³-hybridized carbons (Fsp3) is 0.200. The Hall–Kier alpha value is -1.96. The van der Waals surface area contributed by atoms with E-state index in [0.29, 0.717) is 22.3 Å². The van der Waals surface area contributed by atoms with Gasteiger partial charge in [0.05, 0.1) is 4.92 Å². The van der Waals surface area contributed by atoms with Gasteiger partial charge in [-0.05, 0) is 18.6 Å². The van der Waals surface area contributed by atoms with E-state index < -0.39 is 16.4 Å². The first-order valence-corrected chi connectivity index (χ1v) is 5.99. The van der Waals surface area contributed by atoms with E-state index in [1.54, 1.807) is 6.92 Å². The van der Waals surface area contributed by atoms with Crippen molar-refractivity contribution in [2.24, 2.45) is 0 Å². The third-order valence-corrected chi connectivity index (χ3v) is 3.07. The molecule has 0 aliphatic heterocycles. The van der Waals surface area contributed by atoms with E-state index in [0.717, 1.165) is 12.1 Å². The number of benzene rings is 1. The molecule has 0 aliphatic carbocycles. The van der Waals surface area contributed by atoms with Crippen LogP contribution in [0.2, 0.25) is 0 Å². The van der Waals surface area contributed by atoms with Crippen molar-refractivity contribution < 1.29 is 9.31 Å². The zero-order chi connectivity index (χ0) is 13.1. The number of nitrogens with one attached hydrogen (secondary N) is 1. The molecule has 94 valence electrons. The lowest BCUT2D eigenvalue weighted by atomic mass is 10.2. The van der Waals surface area contributed by atoms with Gasteiger partial charge in [-0.15, -0.1) is 5.10 Å². The number of aryl methyl sites for hydroxylation is 1. The highest BCUT2D eigenvalue weighted by Crippen LogP contribution is 2.23. The van der Waals surface area contributed by atoms with Crippen molar-refractivity contribution in [2.45, 2.75) is 17.8 Å². The van der Waals surface area contributed by atoms with Crippen molar-refractivity contribution in [1.29, 1.82) is 0 Å². The van der Waals surface area contributed by atoms with Crippen LogP contribution in [0.1, 0.15) is 11.4 Å². The van der Waals surface area contributed by atoms with E-state index in [-0.39, 0.29) is 0 Å². The molecule has 2 rings (SSSR count). The van der Waals surface area contributed by atoms with Gasteiger partial charge in [0.15, 0.2) is 0 Å². The standard InChI is InChI=1S/C10H9FN4O2S/c1-6-12-10(14-13-6)18-5-7-2-3-9(15(16)17)8(11)4-7/h2-4H,5H2,1H3,(H,12,13,14). The van der Waals surface area contributed by atoms with E-state index >= 15 is 0 Å². The largest absolute Gasteiger partial charge is 0.304 e. The Morgan fingerprint density at radius 3 is 2.89 bits per heavy atom. The lowest BCUT2D eigenvalue weighted by molar-refractivity contribution is -0.387. The molecule has 0 unspecified atom stereocenters. The van der Waals surface area contributed by atoms with Crippen LogP contribution < -0.4 is 0 Å². The van der Waals surface area contributed by atoms with E-state index in [1.807, 2.05) is 0 Å². The van der Waals surface area contributed by atoms with Gasteiger partial charge in [-0.2, -0.15) is 4.39 Å². The van der Waals surface area contributed by atoms with Crippen molar-refractivity contribution in [2.75, 3.05) is 0 Å². The second kappa shape index (κ2) is 5.13. The number of thioether (sulfide) groups is 1. The third kappa shape index (κ3) is 2.83. The minimum absolute atomic E-state index is 0.451. The van der Waals surface area contributed by atoms with Gasteiger partial charge in [0, 0.05) is 11.8 Å². The van der Waals surface area contributed by atoms with Crippen molar-refractivity contribution in [3.05, 3.63) is 45.5 Å². The van der Waals surface area contributed by atoms with Gasteiger partial charge in [-0.25, -0.2) is 4.98 Å². The number of nitro groups is 1. The van der Waals surface area contributed by atoms with Crippen LogP contribution in [0.15, 0.2) is 23.4 Å². The molecule has 0 radical (unpaired) electrons. The summed E-state index contributed by atoms with van der Waals surface area (Å²) in [6.07, 6.45) is 0. The van der Waals surface area contributed by atoms with Crippen LogP contribution in [0.4, 0.5) is 10.1 Å². The number of halogens is 1. The molecule has 0 saturated heterocycles. The Kier molecular flexibility index (Phi) is 3.56. The molecule has 0 saturated carbocycles. The normalized spacial score (nSPS) is 10.6. The van der Waals surface area contributed by atoms with Gasteiger partial charge in [-0.1, -0.05) is 17.8 Å². The lowest BCUT2D eigenvalue weighted by Gasteiger charge is -1.99. The summed E-state index contributed by atoms with van der Waals surface area (Å²) in [4.78, 5) is 13.8. The lowest BCUT2D eigenvalue weighted by Crippen LogP contribution is -1.93. The van der Waals surface area contributed by atoms with E-state index in [4.69, 9.17) is 0 Å². The van der Waals surface area contributed by atoms with Crippen LogP contribution in [0, 0.1) is 22.9 Å². The Bertz CT molecular complexity index is 587. The van der Waals surface area contributed by atoms with Crippen molar-refractivity contribution in [1.82, 2.24) is 15.2 Å². The molecular formula is C10H9FN4O2S. The van der Waals surface area contributed by atoms with Gasteiger partial charge in [0.25, 0.3) is 0 Å². The molecule has 2 aromatic rings. The maximum Gasteiger partial charge on any atom is 0.304 e. The number of aromatic nitrogens is 3. The molecule has 0 atom stereocenters. The number of hydrogen-bond acceptors (Lipinski definition) is 5. The molecule has 1 N–H and O–H groups in total. The molecule has 0 amide bonds. The number of H-pyrrole nitrogens is 1. The predicted molar refractivity (Wildman–Crippen MR) is 63.7 cm³/mol. The SMILES string of the molecule is Cc1nc(SCc2ccc([N+](=O)[O-])c(F)c2)n[nH]1. The van der Waals surface area contributed by atoms with Gasteiger partial charge in [0.1, 0.15) is 5.82 Å². The average molecular weight is 268 g/mol. The number of aromatic amines is 1. The van der Waals surface area contributed by atoms with Crippen LogP contribution in [0.25, 0.3) is 0 Å². The quantitative estimate of drug-likeness (QED) is 0.523. The Morgan fingerprint density at radius 2 is 2.33 bits per heavy atom. The fourth-order valence-electron chi connectivity index (χ4n) is 1.32. The zero-order valence-corrected chi connectivity index (χ0v) is 10.2. The topological polar surface area (TPSA) is 84.7 Å². The molecule has 0 bridgehead atoms. The summed E-state index contributed by atoms with van der Waals surface area (Å²) in [5.74, 6) is 0.322. The van der Waals surface area contributed by atoms with Crippen molar-refractivity contribution in [3.63, 3.8) is 0 Å². The number of nitro benzene ring substituents is 1. The summed E-state index contributed by atoms with van der Waals surface area (Å²) in [6, 6.07) is 3.84. The maximum atomic E-state index is 13.3. The predicted octanol–water partition coefficient (Wildman–Crippen LogP) is 2.45. The summed E-state index contributed by atoms with van der Waals surface area (Å²) in [7, 11) is 0. The van der Waals surface area contributed by atoms with Gasteiger partial charge in [-0.3, -0.25) is 15.2 Å². The van der Waals surface area contributed by atoms with E-state index in [1.165, 1.54) is 17.8 Å². The minimum Gasteiger partial charge on any atom is -0.262 e. The highest BCUT2D eigenvalue weighted by atomic mass is 32.2. The second-order valence-electron chi connectivity index (χ2n) is 3.53. The molecule has 0 spiro atoms. The summed E-state index contributed by atoms with van der Waals surface area (Å²) in [5.41, 5.74) is 0.128. The molecule has 1 aromatic heterocycles. The molecule has 6 nitrogen and oxygen atoms in total. The Morgan fingerprint density at radius 1 is 1.56 bits per heavy atom. The maximum absolute atomic E-state index is 13.3. The molecule has 18 heavy (non-hydrogen) atoms. The van der Waals surface area contributed by atoms with Crippen LogP contribution in [-0.4, -0.2) is 20.1 Å². The van der Waals surface area contributed by atoms with Crippen molar-refractivity contribution >= 4 is 17.4 Å². The summed E-state index contributed by atoms with van der Waals surface area (Å²) in [6.45, 7) is 1.78. The van der Waals surface area contributed by atoms with Crippen molar-refractivity contribution in [3.8, 4) is 0 Å². The molecule has 1 aromatic carbocycles. The fourth-order valence-corrected chi connectivity index (χ4v) is 2.11. The van der Waals surface area contributed by atoms with Gasteiger partial charge < -0.3 is 0 Å². The van der Waals surface area contributed by atoms with Crippen LogP contribution in [0.5, 0.6) is 0 Å². The second-order valence-corrected chi connectivity index (χ2v) is 4.48. The highest BCUT2D eigenvalue weighted by molar-refractivity contribution is 7.98. The summed E-state index contributed by atoms with van der Waals surface area (Å²) >= 11 is 1.33. The first-order chi connectivity index (χ1) is 8.56. The first-order valence-electron chi connectivity index (χ1n) is 5.01. The number of nitrogens with zero attached hydrogens (tertiary/aromatic N) is 3. The zero-order valence-electron chi connectivity index (χ0n) is 9.38. The molecular weight excluding hydrogens is 259 g/mol. The van der Waals surface area contributed by atoms with Crippen LogP contribution in [-0.2, 0) is 5.75 Å². The first kappa shape index (κ1) is 12.5. The van der Waals surface area contributed by atoms with Crippen LogP contribution in [0.3, 0.4) is 0 Å². The smallest absolute Gasteiger partial charge is 0.262 e. The third-order valence-electron chi connectivity index (χ3n) is 2.15. The molecule has 1 heterocycles. The Balaban J connectivity index is 2.06. The monoisotopic (exact) mass is 268 g/mol.